The first-order valence-electron chi connectivity index (χ1n) is 8.53. The Balaban J connectivity index is 1.81. The molecule has 1 aliphatic rings. The fraction of sp³-hybridized carbons (Fsp3) is 0.350. The van der Waals surface area contributed by atoms with Crippen LogP contribution in [0, 0.1) is 6.92 Å². The Kier molecular flexibility index (Phi) is 4.95. The molecule has 4 nitrogen and oxygen atoms in total. The summed E-state index contributed by atoms with van der Waals surface area (Å²) in [5, 5.41) is 3.10. The van der Waals surface area contributed by atoms with E-state index in [-0.39, 0.29) is 16.8 Å². The minimum absolute atomic E-state index is 0.0671. The van der Waals surface area contributed by atoms with E-state index >= 15 is 0 Å². The van der Waals surface area contributed by atoms with E-state index in [2.05, 4.69) is 23.5 Å². The molecular formula is C20H23NO3S. The number of fused-ring (bicyclic) bond motifs is 1. The van der Waals surface area contributed by atoms with Crippen LogP contribution < -0.4 is 5.32 Å². The van der Waals surface area contributed by atoms with Gasteiger partial charge in [0, 0.05) is 17.9 Å². The number of carbonyl (C=O) groups is 1. The lowest BCUT2D eigenvalue weighted by Crippen LogP contribution is -2.36. The molecule has 0 saturated carbocycles. The van der Waals surface area contributed by atoms with Crippen LogP contribution in [-0.4, -0.2) is 26.6 Å². The van der Waals surface area contributed by atoms with Gasteiger partial charge in [0.25, 0.3) is 5.91 Å². The topological polar surface area (TPSA) is 63.2 Å². The molecule has 25 heavy (non-hydrogen) atoms. The van der Waals surface area contributed by atoms with Crippen molar-refractivity contribution in [2.75, 3.05) is 6.26 Å². The van der Waals surface area contributed by atoms with Crippen LogP contribution in [0.15, 0.2) is 47.4 Å². The smallest absolute Gasteiger partial charge is 0.251 e. The zero-order valence-electron chi connectivity index (χ0n) is 14.6. The summed E-state index contributed by atoms with van der Waals surface area (Å²) >= 11 is 0. The summed E-state index contributed by atoms with van der Waals surface area (Å²) in [5.41, 5.74) is 3.85. The molecule has 5 heteroatoms. The summed E-state index contributed by atoms with van der Waals surface area (Å²) in [7, 11) is -3.33. The van der Waals surface area contributed by atoms with E-state index in [1.54, 1.807) is 12.1 Å². The standard InChI is InChI=1S/C20H23NO3S/c1-14-10-11-18(25(2,23)24)13-19(14)20(22)21-17-9-5-8-15-6-3-4-7-16(15)12-17/h3-4,6-7,10-11,13,17H,5,8-9,12H2,1-2H3,(H,21,22). The van der Waals surface area contributed by atoms with Gasteiger partial charge in [0.1, 0.15) is 0 Å². The number of hydrogen-bond acceptors (Lipinski definition) is 3. The van der Waals surface area contributed by atoms with Gasteiger partial charge in [-0.25, -0.2) is 8.42 Å². The molecule has 1 atom stereocenters. The highest BCUT2D eigenvalue weighted by atomic mass is 32.2. The van der Waals surface area contributed by atoms with E-state index in [1.165, 1.54) is 17.2 Å². The number of rotatable bonds is 3. The monoisotopic (exact) mass is 357 g/mol. The molecule has 0 spiro atoms. The molecule has 0 aliphatic heterocycles. The predicted molar refractivity (Wildman–Crippen MR) is 98.6 cm³/mol. The average Bonchev–Trinajstić information content (AvgIpc) is 2.75. The van der Waals surface area contributed by atoms with E-state index in [9.17, 15) is 13.2 Å². The maximum Gasteiger partial charge on any atom is 0.251 e. The molecule has 0 heterocycles. The number of aryl methyl sites for hydroxylation is 2. The summed E-state index contributed by atoms with van der Waals surface area (Å²) in [6.45, 7) is 1.82. The molecule has 2 aromatic carbocycles. The van der Waals surface area contributed by atoms with Gasteiger partial charge >= 0.3 is 0 Å². The Labute approximate surface area is 149 Å². The first-order valence-corrected chi connectivity index (χ1v) is 10.4. The zero-order valence-corrected chi connectivity index (χ0v) is 15.4. The SMILES string of the molecule is Cc1ccc(S(C)(=O)=O)cc1C(=O)NC1CCCc2ccccc2C1. The Morgan fingerprint density at radius 3 is 2.56 bits per heavy atom. The number of sulfone groups is 1. The van der Waals surface area contributed by atoms with Crippen LogP contribution in [-0.2, 0) is 22.7 Å². The van der Waals surface area contributed by atoms with Crippen molar-refractivity contribution in [2.45, 2.75) is 43.5 Å². The van der Waals surface area contributed by atoms with Gasteiger partial charge in [-0.2, -0.15) is 0 Å². The van der Waals surface area contributed by atoms with Crippen LogP contribution in [0.3, 0.4) is 0 Å². The van der Waals surface area contributed by atoms with Crippen molar-refractivity contribution >= 4 is 15.7 Å². The van der Waals surface area contributed by atoms with Crippen LogP contribution in [0.25, 0.3) is 0 Å². The minimum Gasteiger partial charge on any atom is -0.349 e. The molecule has 1 unspecified atom stereocenters. The third-order valence-corrected chi connectivity index (χ3v) is 5.91. The molecule has 0 radical (unpaired) electrons. The van der Waals surface area contributed by atoms with Crippen molar-refractivity contribution in [3.63, 3.8) is 0 Å². The zero-order chi connectivity index (χ0) is 18.0. The molecule has 0 saturated heterocycles. The van der Waals surface area contributed by atoms with Crippen molar-refractivity contribution in [1.29, 1.82) is 0 Å². The number of benzene rings is 2. The van der Waals surface area contributed by atoms with E-state index in [4.69, 9.17) is 0 Å². The first kappa shape index (κ1) is 17.7. The van der Waals surface area contributed by atoms with Gasteiger partial charge in [-0.15, -0.1) is 0 Å². The van der Waals surface area contributed by atoms with Crippen molar-refractivity contribution < 1.29 is 13.2 Å². The van der Waals surface area contributed by atoms with E-state index in [0.717, 1.165) is 37.5 Å². The summed E-state index contributed by atoms with van der Waals surface area (Å²) in [4.78, 5) is 12.9. The highest BCUT2D eigenvalue weighted by molar-refractivity contribution is 7.90. The lowest BCUT2D eigenvalue weighted by atomic mass is 10.0. The second-order valence-electron chi connectivity index (χ2n) is 6.78. The maximum atomic E-state index is 12.7. The van der Waals surface area contributed by atoms with Gasteiger partial charge < -0.3 is 5.32 Å². The van der Waals surface area contributed by atoms with Crippen molar-refractivity contribution in [3.8, 4) is 0 Å². The molecular weight excluding hydrogens is 334 g/mol. The van der Waals surface area contributed by atoms with Gasteiger partial charge in [0.15, 0.2) is 9.84 Å². The Hall–Kier alpha value is -2.14. The van der Waals surface area contributed by atoms with Gasteiger partial charge in [0.05, 0.1) is 4.90 Å². The highest BCUT2D eigenvalue weighted by Gasteiger charge is 2.20. The van der Waals surface area contributed by atoms with Crippen LogP contribution >= 0.6 is 0 Å². The van der Waals surface area contributed by atoms with E-state index in [1.807, 2.05) is 13.0 Å². The third-order valence-electron chi connectivity index (χ3n) is 4.80. The molecule has 1 aliphatic carbocycles. The summed E-state index contributed by atoms with van der Waals surface area (Å²) in [5.74, 6) is -0.201. The second kappa shape index (κ2) is 7.00. The normalized spacial score (nSPS) is 17.4. The quantitative estimate of drug-likeness (QED) is 0.859. The molecule has 2 aromatic rings. The predicted octanol–water partition coefficient (Wildman–Crippen LogP) is 3.08. The largest absolute Gasteiger partial charge is 0.349 e. The second-order valence-corrected chi connectivity index (χ2v) is 8.80. The van der Waals surface area contributed by atoms with E-state index < -0.39 is 9.84 Å². The third kappa shape index (κ3) is 4.10. The summed E-state index contributed by atoms with van der Waals surface area (Å²) < 4.78 is 23.5. The summed E-state index contributed by atoms with van der Waals surface area (Å²) in [6.07, 6.45) is 4.95. The Morgan fingerprint density at radius 2 is 1.84 bits per heavy atom. The van der Waals surface area contributed by atoms with Crippen LogP contribution in [0.1, 0.15) is 39.9 Å². The van der Waals surface area contributed by atoms with Crippen LogP contribution in [0.2, 0.25) is 0 Å². The maximum absolute atomic E-state index is 12.7. The lowest BCUT2D eigenvalue weighted by molar-refractivity contribution is 0.0934. The van der Waals surface area contributed by atoms with Gasteiger partial charge in [0.2, 0.25) is 0 Å². The molecule has 1 amide bonds. The van der Waals surface area contributed by atoms with Gasteiger partial charge in [-0.05, 0) is 61.4 Å². The molecule has 3 rings (SSSR count). The first-order chi connectivity index (χ1) is 11.8. The fourth-order valence-electron chi connectivity index (χ4n) is 3.37. The number of carbonyl (C=O) groups excluding carboxylic acids is 1. The van der Waals surface area contributed by atoms with Gasteiger partial charge in [-0.1, -0.05) is 30.3 Å². The van der Waals surface area contributed by atoms with Crippen LogP contribution in [0.4, 0.5) is 0 Å². The van der Waals surface area contributed by atoms with Crippen molar-refractivity contribution in [1.82, 2.24) is 5.32 Å². The highest BCUT2D eigenvalue weighted by Crippen LogP contribution is 2.22. The Morgan fingerprint density at radius 1 is 1.12 bits per heavy atom. The van der Waals surface area contributed by atoms with Crippen LogP contribution in [0.5, 0.6) is 0 Å². The number of amides is 1. The lowest BCUT2D eigenvalue weighted by Gasteiger charge is -2.18. The number of hydrogen-bond donors (Lipinski definition) is 1. The number of nitrogens with one attached hydrogen (secondary N) is 1. The molecule has 1 N–H and O–H groups in total. The molecule has 132 valence electrons. The fourth-order valence-corrected chi connectivity index (χ4v) is 4.02. The molecule has 0 aromatic heterocycles. The van der Waals surface area contributed by atoms with Gasteiger partial charge in [-0.3, -0.25) is 4.79 Å². The van der Waals surface area contributed by atoms with Crippen molar-refractivity contribution in [2.24, 2.45) is 0 Å². The molecule has 0 fully saturated rings. The van der Waals surface area contributed by atoms with Crippen molar-refractivity contribution in [3.05, 3.63) is 64.7 Å². The Bertz CT molecular complexity index is 903. The average molecular weight is 357 g/mol. The molecule has 0 bridgehead atoms. The summed E-state index contributed by atoms with van der Waals surface area (Å²) in [6, 6.07) is 13.1. The van der Waals surface area contributed by atoms with E-state index in [0.29, 0.717) is 5.56 Å². The minimum atomic E-state index is -3.33.